The number of nitrogens with one attached hydrogen (secondary N) is 1. The molecule has 0 aliphatic carbocycles. The van der Waals surface area contributed by atoms with Crippen molar-refractivity contribution in [3.8, 4) is 0 Å². The summed E-state index contributed by atoms with van der Waals surface area (Å²) in [5.74, 6) is 0. The first-order valence-electron chi connectivity index (χ1n) is 4.07. The summed E-state index contributed by atoms with van der Waals surface area (Å²) < 4.78 is 1.19. The van der Waals surface area contributed by atoms with Gasteiger partial charge in [-0.2, -0.15) is 0 Å². The molecule has 72 valence electrons. The van der Waals surface area contributed by atoms with E-state index in [-0.39, 0.29) is 5.56 Å². The Morgan fingerprint density at radius 1 is 1.43 bits per heavy atom. The fraction of sp³-hybridized carbons (Fsp3) is 0.100. The first-order chi connectivity index (χ1) is 6.72. The van der Waals surface area contributed by atoms with Gasteiger partial charge in [-0.25, -0.2) is 0 Å². The molecule has 2 nitrogen and oxygen atoms in total. The molecular weight excluding hydrogens is 309 g/mol. The van der Waals surface area contributed by atoms with Crippen molar-refractivity contribution < 1.29 is 0 Å². The van der Waals surface area contributed by atoms with E-state index in [0.717, 1.165) is 15.7 Å². The molecule has 0 fully saturated rings. The van der Waals surface area contributed by atoms with Crippen LogP contribution in [0.5, 0.6) is 0 Å². The van der Waals surface area contributed by atoms with Crippen molar-refractivity contribution in [1.29, 1.82) is 0 Å². The van der Waals surface area contributed by atoms with E-state index in [2.05, 4.69) is 27.6 Å². The normalized spacial score (nSPS) is 10.7. The summed E-state index contributed by atoms with van der Waals surface area (Å²) in [6, 6.07) is 5.90. The Balaban J connectivity index is 2.87. The number of pyridine rings is 1. The Morgan fingerprint density at radius 2 is 2.21 bits per heavy atom. The average molecular weight is 317 g/mol. The highest BCUT2D eigenvalue weighted by atomic mass is 127. The fourth-order valence-corrected chi connectivity index (χ4v) is 2.99. The van der Waals surface area contributed by atoms with Crippen LogP contribution in [0, 0.1) is 3.57 Å². The summed E-state index contributed by atoms with van der Waals surface area (Å²) >= 11 is 3.95. The molecule has 0 saturated heterocycles. The van der Waals surface area contributed by atoms with Gasteiger partial charge in [-0.05, 0) is 52.4 Å². The minimum Gasteiger partial charge on any atom is -0.329 e. The number of benzene rings is 1. The van der Waals surface area contributed by atoms with E-state index in [1.807, 2.05) is 24.5 Å². The van der Waals surface area contributed by atoms with E-state index in [1.54, 1.807) is 18.0 Å². The Kier molecular flexibility index (Phi) is 2.83. The van der Waals surface area contributed by atoms with Crippen molar-refractivity contribution in [3.63, 3.8) is 0 Å². The minimum absolute atomic E-state index is 0.0193. The van der Waals surface area contributed by atoms with Crippen LogP contribution in [0.3, 0.4) is 0 Å². The van der Waals surface area contributed by atoms with Gasteiger partial charge in [-0.3, -0.25) is 4.79 Å². The van der Waals surface area contributed by atoms with Crippen molar-refractivity contribution in [2.45, 2.75) is 4.90 Å². The molecule has 1 aromatic carbocycles. The number of aromatic amines is 1. The predicted molar refractivity (Wildman–Crippen MR) is 69.1 cm³/mol. The van der Waals surface area contributed by atoms with Gasteiger partial charge in [-0.1, -0.05) is 0 Å². The number of hydrogen-bond donors (Lipinski definition) is 1. The third kappa shape index (κ3) is 1.68. The number of hydrogen-bond acceptors (Lipinski definition) is 2. The van der Waals surface area contributed by atoms with Gasteiger partial charge in [0.25, 0.3) is 5.56 Å². The lowest BCUT2D eigenvalue weighted by Crippen LogP contribution is -2.04. The number of rotatable bonds is 1. The molecule has 1 aromatic heterocycles. The molecule has 0 aliphatic rings. The summed E-state index contributed by atoms with van der Waals surface area (Å²) in [4.78, 5) is 15.3. The molecule has 2 rings (SSSR count). The number of H-pyrrole nitrogens is 1. The Labute approximate surface area is 99.2 Å². The van der Waals surface area contributed by atoms with Crippen LogP contribution in [0.25, 0.3) is 10.8 Å². The minimum atomic E-state index is -0.0193. The monoisotopic (exact) mass is 317 g/mol. The molecule has 1 heterocycles. The molecule has 2 aromatic rings. The Morgan fingerprint density at radius 3 is 2.93 bits per heavy atom. The van der Waals surface area contributed by atoms with Crippen LogP contribution in [0.15, 0.2) is 34.1 Å². The predicted octanol–water partition coefficient (Wildman–Crippen LogP) is 2.85. The molecule has 14 heavy (non-hydrogen) atoms. The maximum absolute atomic E-state index is 11.5. The number of thioether (sulfide) groups is 1. The number of aromatic nitrogens is 1. The zero-order valence-electron chi connectivity index (χ0n) is 7.50. The molecule has 4 heteroatoms. The fourth-order valence-electron chi connectivity index (χ4n) is 1.34. The van der Waals surface area contributed by atoms with Crippen molar-refractivity contribution in [2.75, 3.05) is 6.26 Å². The first-order valence-corrected chi connectivity index (χ1v) is 6.37. The Bertz CT molecular complexity index is 535. The maximum Gasteiger partial charge on any atom is 0.255 e. The molecule has 0 amide bonds. The molecule has 1 N–H and O–H groups in total. The Hall–Kier alpha value is -0.490. The SMILES string of the molecule is CSc1cc2c(=O)[nH]ccc2cc1I. The summed E-state index contributed by atoms with van der Waals surface area (Å²) in [6.45, 7) is 0. The van der Waals surface area contributed by atoms with Gasteiger partial charge in [0.15, 0.2) is 0 Å². The lowest BCUT2D eigenvalue weighted by molar-refractivity contribution is 1.27. The van der Waals surface area contributed by atoms with E-state index in [4.69, 9.17) is 0 Å². The molecule has 0 aliphatic heterocycles. The van der Waals surface area contributed by atoms with Crippen molar-refractivity contribution in [3.05, 3.63) is 38.3 Å². The van der Waals surface area contributed by atoms with Crippen molar-refractivity contribution in [1.82, 2.24) is 4.98 Å². The zero-order chi connectivity index (χ0) is 10.1. The van der Waals surface area contributed by atoms with Gasteiger partial charge in [0.1, 0.15) is 0 Å². The lowest BCUT2D eigenvalue weighted by atomic mass is 10.2. The zero-order valence-corrected chi connectivity index (χ0v) is 10.5. The van der Waals surface area contributed by atoms with E-state index >= 15 is 0 Å². The smallest absolute Gasteiger partial charge is 0.255 e. The molecule has 0 bridgehead atoms. The van der Waals surface area contributed by atoms with Gasteiger partial charge in [0, 0.05) is 20.0 Å². The standard InChI is InChI=1S/C10H8INOS/c1-14-9-5-7-6(4-8(9)11)2-3-12-10(7)13/h2-5H,1H3,(H,12,13). The molecule has 0 atom stereocenters. The highest BCUT2D eigenvalue weighted by Gasteiger charge is 2.03. The van der Waals surface area contributed by atoms with Crippen LogP contribution in [0.4, 0.5) is 0 Å². The second kappa shape index (κ2) is 3.94. The van der Waals surface area contributed by atoms with Gasteiger partial charge in [0.05, 0.1) is 0 Å². The quantitative estimate of drug-likeness (QED) is 0.648. The van der Waals surface area contributed by atoms with Crippen LogP contribution < -0.4 is 5.56 Å². The van der Waals surface area contributed by atoms with Crippen molar-refractivity contribution >= 4 is 45.1 Å². The van der Waals surface area contributed by atoms with Crippen LogP contribution in [0.1, 0.15) is 0 Å². The second-order valence-corrected chi connectivity index (χ2v) is 4.89. The van der Waals surface area contributed by atoms with E-state index in [1.165, 1.54) is 3.57 Å². The third-order valence-electron chi connectivity index (χ3n) is 2.05. The molecular formula is C10H8INOS. The topological polar surface area (TPSA) is 32.9 Å². The summed E-state index contributed by atoms with van der Waals surface area (Å²) in [7, 11) is 0. The summed E-state index contributed by atoms with van der Waals surface area (Å²) in [6.07, 6.45) is 3.69. The average Bonchev–Trinajstić information content (AvgIpc) is 2.17. The van der Waals surface area contributed by atoms with E-state index < -0.39 is 0 Å². The van der Waals surface area contributed by atoms with E-state index in [9.17, 15) is 4.79 Å². The number of fused-ring (bicyclic) bond motifs is 1. The number of halogens is 1. The van der Waals surface area contributed by atoms with Crippen molar-refractivity contribution in [2.24, 2.45) is 0 Å². The highest BCUT2D eigenvalue weighted by Crippen LogP contribution is 2.25. The van der Waals surface area contributed by atoms with Crippen LogP contribution in [-0.2, 0) is 0 Å². The van der Waals surface area contributed by atoms with Gasteiger partial charge in [0.2, 0.25) is 0 Å². The van der Waals surface area contributed by atoms with Gasteiger partial charge in [-0.15, -0.1) is 11.8 Å². The highest BCUT2D eigenvalue weighted by molar-refractivity contribution is 14.1. The van der Waals surface area contributed by atoms with Crippen LogP contribution >= 0.6 is 34.4 Å². The lowest BCUT2D eigenvalue weighted by Gasteiger charge is -2.02. The maximum atomic E-state index is 11.5. The molecule has 0 unspecified atom stereocenters. The second-order valence-electron chi connectivity index (χ2n) is 2.88. The third-order valence-corrected chi connectivity index (χ3v) is 4.08. The molecule has 0 spiro atoms. The van der Waals surface area contributed by atoms with Gasteiger partial charge >= 0.3 is 0 Å². The largest absolute Gasteiger partial charge is 0.329 e. The van der Waals surface area contributed by atoms with E-state index in [0.29, 0.717) is 0 Å². The molecule has 0 radical (unpaired) electrons. The van der Waals surface area contributed by atoms with Gasteiger partial charge < -0.3 is 4.98 Å². The summed E-state index contributed by atoms with van der Waals surface area (Å²) in [5, 5.41) is 1.76. The van der Waals surface area contributed by atoms with Crippen LogP contribution in [0.2, 0.25) is 0 Å². The summed E-state index contributed by atoms with van der Waals surface area (Å²) in [5.41, 5.74) is -0.0193. The molecule has 0 saturated carbocycles. The van der Waals surface area contributed by atoms with Crippen LogP contribution in [-0.4, -0.2) is 11.2 Å². The first kappa shape index (κ1) is 10.0.